The van der Waals surface area contributed by atoms with Gasteiger partial charge in [-0.2, -0.15) is 5.10 Å². The van der Waals surface area contributed by atoms with Crippen molar-refractivity contribution in [3.63, 3.8) is 0 Å². The molecule has 8 nitrogen and oxygen atoms in total. The molecule has 0 amide bonds. The molecule has 20 heavy (non-hydrogen) atoms. The van der Waals surface area contributed by atoms with Crippen molar-refractivity contribution in [3.8, 4) is 0 Å². The van der Waals surface area contributed by atoms with E-state index in [4.69, 9.17) is 5.11 Å². The number of rotatable bonds is 7. The Bertz CT molecular complexity index is 576. The highest BCUT2D eigenvalue weighted by atomic mass is 32.2. The smallest absolute Gasteiger partial charge is 0.304 e. The van der Waals surface area contributed by atoms with Crippen molar-refractivity contribution in [2.75, 3.05) is 13.2 Å². The van der Waals surface area contributed by atoms with E-state index in [-0.39, 0.29) is 17.9 Å². The summed E-state index contributed by atoms with van der Waals surface area (Å²) in [7, 11) is -3.81. The van der Waals surface area contributed by atoms with Gasteiger partial charge in [-0.05, 0) is 13.8 Å². The Labute approximate surface area is 117 Å². The zero-order valence-corrected chi connectivity index (χ0v) is 12.4. The van der Waals surface area contributed by atoms with E-state index in [2.05, 4.69) is 14.9 Å². The first-order chi connectivity index (χ1) is 9.11. The average Bonchev–Trinajstić information content (AvgIpc) is 2.66. The van der Waals surface area contributed by atoms with Crippen molar-refractivity contribution in [2.45, 2.75) is 32.1 Å². The molecular formula is C11H19N3O5S. The molecule has 1 aromatic rings. The van der Waals surface area contributed by atoms with Gasteiger partial charge in [0.05, 0.1) is 24.4 Å². The molecule has 0 saturated carbocycles. The van der Waals surface area contributed by atoms with Crippen LogP contribution in [0.1, 0.15) is 24.7 Å². The van der Waals surface area contributed by atoms with Crippen molar-refractivity contribution in [2.24, 2.45) is 5.41 Å². The number of nitrogens with one attached hydrogen (secondary N) is 2. The van der Waals surface area contributed by atoms with Crippen LogP contribution in [-0.4, -0.2) is 47.9 Å². The van der Waals surface area contributed by atoms with Crippen LogP contribution < -0.4 is 4.72 Å². The predicted molar refractivity (Wildman–Crippen MR) is 70.7 cm³/mol. The van der Waals surface area contributed by atoms with E-state index in [0.29, 0.717) is 11.4 Å². The fraction of sp³-hybridized carbons (Fsp3) is 0.636. The Balaban J connectivity index is 2.90. The third-order valence-corrected chi connectivity index (χ3v) is 4.64. The minimum Gasteiger partial charge on any atom is -0.481 e. The van der Waals surface area contributed by atoms with Crippen LogP contribution in [0.4, 0.5) is 0 Å². The van der Waals surface area contributed by atoms with Gasteiger partial charge >= 0.3 is 5.97 Å². The molecule has 4 N–H and O–H groups in total. The average molecular weight is 305 g/mol. The maximum Gasteiger partial charge on any atom is 0.304 e. The van der Waals surface area contributed by atoms with Crippen LogP contribution in [0.25, 0.3) is 0 Å². The second-order valence-corrected chi connectivity index (χ2v) is 6.83. The number of aromatic nitrogens is 2. The number of aliphatic hydroxyl groups is 1. The molecule has 1 aromatic heterocycles. The Morgan fingerprint density at radius 1 is 1.45 bits per heavy atom. The molecule has 0 bridgehead atoms. The number of nitrogens with zero attached hydrogens (tertiary/aromatic N) is 1. The Morgan fingerprint density at radius 2 is 2.05 bits per heavy atom. The van der Waals surface area contributed by atoms with Crippen LogP contribution in [0.2, 0.25) is 0 Å². The lowest BCUT2D eigenvalue weighted by Crippen LogP contribution is -2.39. The summed E-state index contributed by atoms with van der Waals surface area (Å²) in [4.78, 5) is 10.8. The minimum atomic E-state index is -3.81. The SMILES string of the molecule is Cc1n[nH]c(C)c1S(=O)(=O)NCC(C)(CO)CC(=O)O. The van der Waals surface area contributed by atoms with E-state index in [9.17, 15) is 18.3 Å². The number of aliphatic carboxylic acids is 1. The first-order valence-electron chi connectivity index (χ1n) is 5.95. The van der Waals surface area contributed by atoms with Gasteiger partial charge in [0.25, 0.3) is 0 Å². The molecule has 1 atom stereocenters. The molecule has 0 aliphatic carbocycles. The van der Waals surface area contributed by atoms with E-state index < -0.39 is 28.0 Å². The highest BCUT2D eigenvalue weighted by Gasteiger charge is 2.30. The largest absolute Gasteiger partial charge is 0.481 e. The molecule has 1 unspecified atom stereocenters. The van der Waals surface area contributed by atoms with Gasteiger partial charge in [0.1, 0.15) is 4.90 Å². The topological polar surface area (TPSA) is 132 Å². The van der Waals surface area contributed by atoms with Crippen molar-refractivity contribution in [3.05, 3.63) is 11.4 Å². The third kappa shape index (κ3) is 3.78. The monoisotopic (exact) mass is 305 g/mol. The zero-order valence-electron chi connectivity index (χ0n) is 11.6. The number of carboxylic acids is 1. The summed E-state index contributed by atoms with van der Waals surface area (Å²) < 4.78 is 26.7. The van der Waals surface area contributed by atoms with Crippen molar-refractivity contribution >= 4 is 16.0 Å². The number of hydrogen-bond acceptors (Lipinski definition) is 5. The number of H-pyrrole nitrogens is 1. The van der Waals surface area contributed by atoms with Crippen molar-refractivity contribution in [1.82, 2.24) is 14.9 Å². The standard InChI is InChI=1S/C11H19N3O5S/c1-7-10(8(2)14-13-7)20(18,19)12-5-11(3,6-15)4-9(16)17/h12,15H,4-6H2,1-3H3,(H,13,14)(H,16,17). The molecule has 1 rings (SSSR count). The molecule has 1 heterocycles. The first kappa shape index (κ1) is 16.6. The first-order valence-corrected chi connectivity index (χ1v) is 7.43. The molecule has 0 aromatic carbocycles. The number of hydrogen-bond donors (Lipinski definition) is 4. The normalized spacial score (nSPS) is 15.0. The van der Waals surface area contributed by atoms with Gasteiger partial charge in [0.15, 0.2) is 0 Å². The summed E-state index contributed by atoms with van der Waals surface area (Å²) in [6, 6.07) is 0. The summed E-state index contributed by atoms with van der Waals surface area (Å²) in [6.45, 7) is 4.02. The second-order valence-electron chi connectivity index (χ2n) is 5.13. The van der Waals surface area contributed by atoms with Crippen LogP contribution in [0.3, 0.4) is 0 Å². The maximum absolute atomic E-state index is 12.2. The van der Waals surface area contributed by atoms with Gasteiger partial charge in [-0.15, -0.1) is 0 Å². The van der Waals surface area contributed by atoms with Crippen LogP contribution in [0, 0.1) is 19.3 Å². The Morgan fingerprint density at radius 3 is 2.45 bits per heavy atom. The number of aromatic amines is 1. The van der Waals surface area contributed by atoms with E-state index in [0.717, 1.165) is 0 Å². The lowest BCUT2D eigenvalue weighted by atomic mass is 9.88. The van der Waals surface area contributed by atoms with Gasteiger partial charge in [0.2, 0.25) is 10.0 Å². The van der Waals surface area contributed by atoms with Gasteiger partial charge in [-0.1, -0.05) is 6.92 Å². The van der Waals surface area contributed by atoms with Crippen LogP contribution in [-0.2, 0) is 14.8 Å². The van der Waals surface area contributed by atoms with Gasteiger partial charge in [-0.25, -0.2) is 13.1 Å². The number of aliphatic hydroxyl groups excluding tert-OH is 1. The maximum atomic E-state index is 12.2. The molecule has 0 fully saturated rings. The van der Waals surface area contributed by atoms with Gasteiger partial charge in [-0.3, -0.25) is 9.89 Å². The van der Waals surface area contributed by atoms with Crippen LogP contribution >= 0.6 is 0 Å². The van der Waals surface area contributed by atoms with Crippen molar-refractivity contribution in [1.29, 1.82) is 0 Å². The number of carboxylic acid groups (broad SMARTS) is 1. The second kappa shape index (κ2) is 5.90. The molecule has 0 aliphatic heterocycles. The lowest BCUT2D eigenvalue weighted by Gasteiger charge is -2.25. The van der Waals surface area contributed by atoms with E-state index in [1.165, 1.54) is 6.92 Å². The van der Waals surface area contributed by atoms with Crippen LogP contribution in [0.5, 0.6) is 0 Å². The van der Waals surface area contributed by atoms with Gasteiger partial charge in [0, 0.05) is 12.0 Å². The predicted octanol–water partition coefficient (Wildman–Crippen LogP) is -0.222. The molecule has 9 heteroatoms. The number of carbonyl (C=O) groups is 1. The van der Waals surface area contributed by atoms with E-state index >= 15 is 0 Å². The summed E-state index contributed by atoms with van der Waals surface area (Å²) in [6.07, 6.45) is -0.338. The third-order valence-electron chi connectivity index (χ3n) is 2.98. The quantitative estimate of drug-likeness (QED) is 0.550. The van der Waals surface area contributed by atoms with Gasteiger partial charge < -0.3 is 10.2 Å². The van der Waals surface area contributed by atoms with Crippen molar-refractivity contribution < 1.29 is 23.4 Å². The summed E-state index contributed by atoms with van der Waals surface area (Å²) in [5.74, 6) is -1.10. The summed E-state index contributed by atoms with van der Waals surface area (Å²) in [5, 5.41) is 24.4. The van der Waals surface area contributed by atoms with E-state index in [1.54, 1.807) is 13.8 Å². The minimum absolute atomic E-state index is 0.0492. The van der Waals surface area contributed by atoms with E-state index in [1.807, 2.05) is 0 Å². The fourth-order valence-corrected chi connectivity index (χ4v) is 3.38. The fourth-order valence-electron chi connectivity index (χ4n) is 1.82. The molecule has 0 aliphatic rings. The van der Waals surface area contributed by atoms with Crippen LogP contribution in [0.15, 0.2) is 4.90 Å². The Hall–Kier alpha value is -1.45. The lowest BCUT2D eigenvalue weighted by molar-refractivity contribution is -0.140. The molecular weight excluding hydrogens is 286 g/mol. The molecule has 114 valence electrons. The molecule has 0 radical (unpaired) electrons. The molecule has 0 spiro atoms. The Kier molecular flexibility index (Phi) is 4.90. The summed E-state index contributed by atoms with van der Waals surface area (Å²) in [5.41, 5.74) is -0.331. The highest BCUT2D eigenvalue weighted by molar-refractivity contribution is 7.89. The number of aryl methyl sites for hydroxylation is 2. The zero-order chi connectivity index (χ0) is 15.6. The highest BCUT2D eigenvalue weighted by Crippen LogP contribution is 2.22. The summed E-state index contributed by atoms with van der Waals surface area (Å²) >= 11 is 0. The number of sulfonamides is 1. The molecule has 0 saturated heterocycles.